The fraction of sp³-hybridized carbons (Fsp3) is 0.333. The molecule has 0 amide bonds. The lowest BCUT2D eigenvalue weighted by Gasteiger charge is -1.99. The van der Waals surface area contributed by atoms with Crippen LogP contribution in [0.25, 0.3) is 0 Å². The van der Waals surface area contributed by atoms with E-state index >= 15 is 0 Å². The highest BCUT2D eigenvalue weighted by atomic mass is 19.1. The first kappa shape index (κ1) is 7.87. The van der Waals surface area contributed by atoms with Gasteiger partial charge in [-0.2, -0.15) is 0 Å². The zero-order valence-corrected chi connectivity index (χ0v) is 5.92. The molecule has 1 aromatic heterocycles. The Morgan fingerprint density at radius 2 is 2.09 bits per heavy atom. The average Bonchev–Trinajstić information content (AvgIpc) is 2.04. The molecule has 0 unspecified atom stereocenters. The van der Waals surface area contributed by atoms with E-state index in [9.17, 15) is 4.39 Å². The molecule has 0 fully saturated rings. The van der Waals surface area contributed by atoms with E-state index < -0.39 is 5.82 Å². The molecule has 0 aliphatic rings. The van der Waals surface area contributed by atoms with Crippen LogP contribution in [0.5, 0.6) is 0 Å². The zero-order valence-electron chi connectivity index (χ0n) is 5.92. The highest BCUT2D eigenvalue weighted by Crippen LogP contribution is 1.96. The van der Waals surface area contributed by atoms with Gasteiger partial charge in [-0.25, -0.2) is 14.4 Å². The van der Waals surface area contributed by atoms with E-state index in [0.717, 1.165) is 12.4 Å². The second-order valence-corrected chi connectivity index (χ2v) is 1.94. The van der Waals surface area contributed by atoms with Crippen molar-refractivity contribution in [2.75, 3.05) is 18.4 Å². The molecular weight excluding hydrogens is 147 g/mol. The maximum atomic E-state index is 12.2. The van der Waals surface area contributed by atoms with Crippen LogP contribution in [0.15, 0.2) is 12.4 Å². The van der Waals surface area contributed by atoms with Crippen LogP contribution in [0, 0.1) is 5.82 Å². The monoisotopic (exact) mass is 156 g/mol. The third kappa shape index (κ3) is 2.46. The molecule has 0 aliphatic carbocycles. The summed E-state index contributed by atoms with van der Waals surface area (Å²) in [5.41, 5.74) is 5.21. The highest BCUT2D eigenvalue weighted by molar-refractivity contribution is 5.21. The largest absolute Gasteiger partial charge is 0.353 e. The van der Waals surface area contributed by atoms with Gasteiger partial charge in [0, 0.05) is 13.1 Å². The third-order valence-electron chi connectivity index (χ3n) is 1.05. The predicted octanol–water partition coefficient (Wildman–Crippen LogP) is -0.0137. The van der Waals surface area contributed by atoms with Gasteiger partial charge in [0.25, 0.3) is 0 Å². The highest BCUT2D eigenvalue weighted by Gasteiger charge is 1.93. The van der Waals surface area contributed by atoms with Gasteiger partial charge in [0.15, 0.2) is 5.82 Å². The van der Waals surface area contributed by atoms with Crippen LogP contribution < -0.4 is 11.1 Å². The average molecular weight is 156 g/mol. The van der Waals surface area contributed by atoms with Crippen LogP contribution in [0.4, 0.5) is 10.3 Å². The first-order valence-corrected chi connectivity index (χ1v) is 3.24. The number of nitrogens with two attached hydrogens (primary N) is 1. The van der Waals surface area contributed by atoms with E-state index in [1.165, 1.54) is 0 Å². The van der Waals surface area contributed by atoms with Crippen LogP contribution in [-0.2, 0) is 0 Å². The maximum absolute atomic E-state index is 12.2. The molecule has 0 radical (unpaired) electrons. The molecule has 0 aliphatic heterocycles. The molecule has 5 heteroatoms. The van der Waals surface area contributed by atoms with E-state index in [4.69, 9.17) is 5.73 Å². The Labute approximate surface area is 63.7 Å². The normalized spacial score (nSPS) is 9.64. The van der Waals surface area contributed by atoms with Gasteiger partial charge < -0.3 is 11.1 Å². The van der Waals surface area contributed by atoms with Crippen molar-refractivity contribution in [2.45, 2.75) is 0 Å². The topological polar surface area (TPSA) is 63.8 Å². The molecule has 0 saturated heterocycles. The lowest BCUT2D eigenvalue weighted by molar-refractivity contribution is 0.614. The molecule has 1 aromatic rings. The van der Waals surface area contributed by atoms with E-state index in [2.05, 4.69) is 15.3 Å². The van der Waals surface area contributed by atoms with Crippen LogP contribution in [0.1, 0.15) is 0 Å². The second kappa shape index (κ2) is 3.82. The number of nitrogens with one attached hydrogen (secondary N) is 1. The van der Waals surface area contributed by atoms with Gasteiger partial charge in [-0.1, -0.05) is 0 Å². The van der Waals surface area contributed by atoms with Crippen molar-refractivity contribution < 1.29 is 4.39 Å². The number of halogens is 1. The van der Waals surface area contributed by atoms with Gasteiger partial charge in [0.05, 0.1) is 12.4 Å². The number of nitrogens with zero attached hydrogens (tertiary/aromatic N) is 2. The predicted molar refractivity (Wildman–Crippen MR) is 39.5 cm³/mol. The van der Waals surface area contributed by atoms with Crippen molar-refractivity contribution in [1.82, 2.24) is 9.97 Å². The molecule has 0 spiro atoms. The number of hydrogen-bond acceptors (Lipinski definition) is 4. The molecule has 1 rings (SSSR count). The number of aromatic nitrogens is 2. The molecule has 0 aromatic carbocycles. The minimum atomic E-state index is -0.441. The summed E-state index contributed by atoms with van der Waals surface area (Å²) in [5.74, 6) is -0.0415. The molecule has 0 bridgehead atoms. The Bertz CT molecular complexity index is 210. The molecule has 11 heavy (non-hydrogen) atoms. The smallest absolute Gasteiger partial charge is 0.222 e. The van der Waals surface area contributed by atoms with Crippen molar-refractivity contribution in [2.24, 2.45) is 5.73 Å². The Balaban J connectivity index is 2.52. The Morgan fingerprint density at radius 1 is 1.45 bits per heavy atom. The molecule has 60 valence electrons. The number of rotatable bonds is 3. The van der Waals surface area contributed by atoms with Crippen molar-refractivity contribution in [1.29, 1.82) is 0 Å². The number of hydrogen-bond donors (Lipinski definition) is 2. The van der Waals surface area contributed by atoms with E-state index in [0.29, 0.717) is 19.0 Å². The van der Waals surface area contributed by atoms with Crippen molar-refractivity contribution in [3.8, 4) is 0 Å². The molecule has 3 N–H and O–H groups in total. The summed E-state index contributed by atoms with van der Waals surface area (Å²) in [5, 5.41) is 2.81. The van der Waals surface area contributed by atoms with Gasteiger partial charge >= 0.3 is 0 Å². The van der Waals surface area contributed by atoms with Crippen molar-refractivity contribution in [3.05, 3.63) is 18.2 Å². The van der Waals surface area contributed by atoms with E-state index in [1.807, 2.05) is 0 Å². The molecule has 1 heterocycles. The lowest BCUT2D eigenvalue weighted by Crippen LogP contribution is -2.14. The Morgan fingerprint density at radius 3 is 2.64 bits per heavy atom. The SMILES string of the molecule is NCCNc1ncc(F)cn1. The number of anilines is 1. The second-order valence-electron chi connectivity index (χ2n) is 1.94. The summed E-state index contributed by atoms with van der Waals surface area (Å²) < 4.78 is 12.2. The Kier molecular flexibility index (Phi) is 2.74. The van der Waals surface area contributed by atoms with Crippen LogP contribution >= 0.6 is 0 Å². The van der Waals surface area contributed by atoms with Gasteiger partial charge in [-0.3, -0.25) is 0 Å². The van der Waals surface area contributed by atoms with Crippen LogP contribution in [0.3, 0.4) is 0 Å². The molecule has 0 saturated carbocycles. The van der Waals surface area contributed by atoms with Crippen LogP contribution in [0.2, 0.25) is 0 Å². The maximum Gasteiger partial charge on any atom is 0.222 e. The fourth-order valence-electron chi connectivity index (χ4n) is 0.588. The van der Waals surface area contributed by atoms with Crippen molar-refractivity contribution >= 4 is 5.95 Å². The van der Waals surface area contributed by atoms with Gasteiger partial charge in [0.1, 0.15) is 0 Å². The Hall–Kier alpha value is -1.23. The minimum Gasteiger partial charge on any atom is -0.353 e. The third-order valence-corrected chi connectivity index (χ3v) is 1.05. The molecule has 0 atom stereocenters. The van der Waals surface area contributed by atoms with Gasteiger partial charge in [-0.05, 0) is 0 Å². The summed E-state index contributed by atoms with van der Waals surface area (Å²) in [6, 6.07) is 0. The zero-order chi connectivity index (χ0) is 8.10. The summed E-state index contributed by atoms with van der Waals surface area (Å²) in [6.45, 7) is 1.09. The lowest BCUT2D eigenvalue weighted by atomic mass is 10.6. The molecular formula is C6H9FN4. The summed E-state index contributed by atoms with van der Waals surface area (Å²) in [4.78, 5) is 7.33. The standard InChI is InChI=1S/C6H9FN4/c7-5-3-10-6(11-4-5)9-2-1-8/h3-4H,1-2,8H2,(H,9,10,11). The first-order valence-electron chi connectivity index (χ1n) is 3.24. The van der Waals surface area contributed by atoms with E-state index in [1.54, 1.807) is 0 Å². The van der Waals surface area contributed by atoms with Crippen LogP contribution in [-0.4, -0.2) is 23.1 Å². The van der Waals surface area contributed by atoms with Gasteiger partial charge in [-0.15, -0.1) is 0 Å². The summed E-state index contributed by atoms with van der Waals surface area (Å²) >= 11 is 0. The fourth-order valence-corrected chi connectivity index (χ4v) is 0.588. The summed E-state index contributed by atoms with van der Waals surface area (Å²) in [7, 11) is 0. The van der Waals surface area contributed by atoms with E-state index in [-0.39, 0.29) is 0 Å². The quantitative estimate of drug-likeness (QED) is 0.645. The minimum absolute atomic E-state index is 0.400. The first-order chi connectivity index (χ1) is 5.33. The van der Waals surface area contributed by atoms with Gasteiger partial charge in [0.2, 0.25) is 5.95 Å². The molecule has 4 nitrogen and oxygen atoms in total. The van der Waals surface area contributed by atoms with Crippen molar-refractivity contribution in [3.63, 3.8) is 0 Å². The summed E-state index contributed by atoms with van der Waals surface area (Å²) in [6.07, 6.45) is 2.21.